The Kier molecular flexibility index (Phi) is 10.8. The first-order valence-electron chi connectivity index (χ1n) is 12.3. The van der Waals surface area contributed by atoms with Crippen LogP contribution in [0.4, 0.5) is 4.79 Å². The van der Waals surface area contributed by atoms with E-state index in [4.69, 9.17) is 4.74 Å². The molecule has 0 saturated carbocycles. The van der Waals surface area contributed by atoms with Crippen molar-refractivity contribution in [3.8, 4) is 0 Å². The number of carbonyl (C=O) groups excluding carboxylic acids is 2. The number of hydrogen-bond donors (Lipinski definition) is 3. The number of aliphatic hydroxyl groups is 1. The molecule has 7 nitrogen and oxygen atoms in total. The van der Waals surface area contributed by atoms with Crippen LogP contribution in [-0.4, -0.2) is 45.8 Å². The molecular weight excluding hydrogens is 470 g/mol. The first kappa shape index (κ1) is 29.5. The van der Waals surface area contributed by atoms with Gasteiger partial charge in [-0.05, 0) is 69.4 Å². The zero-order valence-electron chi connectivity index (χ0n) is 22.1. The van der Waals surface area contributed by atoms with Crippen molar-refractivity contribution < 1.29 is 29.3 Å². The molecule has 0 unspecified atom stereocenters. The Morgan fingerprint density at radius 3 is 2.03 bits per heavy atom. The van der Waals surface area contributed by atoms with Gasteiger partial charge in [-0.25, -0.2) is 4.79 Å². The van der Waals surface area contributed by atoms with Gasteiger partial charge in [0.25, 0.3) is 0 Å². The normalized spacial score (nSPS) is 13.5. The van der Waals surface area contributed by atoms with Gasteiger partial charge in [0.05, 0.1) is 18.1 Å². The summed E-state index contributed by atoms with van der Waals surface area (Å²) >= 11 is 0. The second-order valence-electron chi connectivity index (χ2n) is 10.1. The fraction of sp³-hybridized carbons (Fsp3) is 0.367. The van der Waals surface area contributed by atoms with Crippen LogP contribution in [0.15, 0.2) is 72.8 Å². The largest absolute Gasteiger partial charge is 0.481 e. The highest BCUT2D eigenvalue weighted by Gasteiger charge is 2.35. The molecule has 0 aliphatic heterocycles. The summed E-state index contributed by atoms with van der Waals surface area (Å²) in [7, 11) is 0. The number of ether oxygens (including phenoxy) is 1. The molecule has 37 heavy (non-hydrogen) atoms. The maximum Gasteiger partial charge on any atom is 0.407 e. The molecule has 7 heteroatoms. The number of nitrogens with one attached hydrogen (secondary N) is 1. The maximum atomic E-state index is 12.6. The number of Topliss-reactive ketones (excluding diaryl/α,β-unsaturated/α-hetero) is 1. The number of aliphatic carboxylic acids is 1. The van der Waals surface area contributed by atoms with E-state index in [-0.39, 0.29) is 18.6 Å². The number of fused-ring (bicyclic) bond motifs is 1. The molecule has 0 fully saturated rings. The zero-order chi connectivity index (χ0) is 27.6. The maximum absolute atomic E-state index is 12.6. The first-order valence-corrected chi connectivity index (χ1v) is 12.3. The van der Waals surface area contributed by atoms with E-state index >= 15 is 0 Å². The fourth-order valence-corrected chi connectivity index (χ4v) is 3.93. The lowest BCUT2D eigenvalue weighted by Gasteiger charge is -2.30. The Balaban J connectivity index is 0.00000112. The molecule has 0 saturated heterocycles. The van der Waals surface area contributed by atoms with E-state index in [1.165, 1.54) is 13.8 Å². The molecule has 0 heterocycles. The molecular formula is C30H37NO6. The van der Waals surface area contributed by atoms with E-state index in [2.05, 4.69) is 5.32 Å². The SMILES string of the molecule is CC(C)(C)OC(=O)N[C@H](Cc1cccc2ccccc12)[C@@H](O)[C@@H](Cc1ccccc1)C(=O)O.CC(C)=O. The number of amides is 1. The molecule has 3 atom stereocenters. The number of ketones is 1. The van der Waals surface area contributed by atoms with Crippen molar-refractivity contribution in [3.63, 3.8) is 0 Å². The Labute approximate surface area is 218 Å². The van der Waals surface area contributed by atoms with Gasteiger partial charge in [-0.1, -0.05) is 72.8 Å². The number of aliphatic hydroxyl groups excluding tert-OH is 1. The summed E-state index contributed by atoms with van der Waals surface area (Å²) in [4.78, 5) is 34.2. The molecule has 0 aliphatic carbocycles. The average molecular weight is 508 g/mol. The lowest BCUT2D eigenvalue weighted by Crippen LogP contribution is -2.51. The van der Waals surface area contributed by atoms with E-state index in [0.29, 0.717) is 0 Å². The highest BCUT2D eigenvalue weighted by molar-refractivity contribution is 5.85. The summed E-state index contributed by atoms with van der Waals surface area (Å²) in [5.74, 6) is -2.07. The Morgan fingerprint density at radius 2 is 1.43 bits per heavy atom. The molecule has 1 amide bonds. The van der Waals surface area contributed by atoms with E-state index in [1.807, 2.05) is 72.8 Å². The number of alkyl carbamates (subject to hydrolysis) is 1. The van der Waals surface area contributed by atoms with Crippen molar-refractivity contribution >= 4 is 28.6 Å². The van der Waals surface area contributed by atoms with Gasteiger partial charge in [0.2, 0.25) is 0 Å². The lowest BCUT2D eigenvalue weighted by atomic mass is 9.86. The Morgan fingerprint density at radius 1 is 0.865 bits per heavy atom. The third kappa shape index (κ3) is 10.1. The first-order chi connectivity index (χ1) is 17.4. The van der Waals surface area contributed by atoms with Gasteiger partial charge in [-0.3, -0.25) is 4.79 Å². The predicted molar refractivity (Wildman–Crippen MR) is 144 cm³/mol. The van der Waals surface area contributed by atoms with E-state index < -0.39 is 35.7 Å². The van der Waals surface area contributed by atoms with Gasteiger partial charge >= 0.3 is 12.1 Å². The molecule has 0 aromatic heterocycles. The van der Waals surface area contributed by atoms with Crippen LogP contribution in [-0.2, 0) is 27.2 Å². The van der Waals surface area contributed by atoms with Crippen LogP contribution < -0.4 is 5.32 Å². The van der Waals surface area contributed by atoms with Gasteiger partial charge in [0, 0.05) is 0 Å². The summed E-state index contributed by atoms with van der Waals surface area (Å²) in [6.07, 6.45) is -1.65. The van der Waals surface area contributed by atoms with Gasteiger partial charge < -0.3 is 25.1 Å². The molecule has 0 aliphatic rings. The standard InChI is InChI=1S/C27H31NO5.C3H6O/c1-27(2,3)33-26(32)28-23(17-20-14-9-13-19-12-7-8-15-21(19)20)24(29)22(25(30)31)16-18-10-5-4-6-11-18;1-3(2)4/h4-15,22-24,29H,16-17H2,1-3H3,(H,28,32)(H,30,31);1-2H3/t22-,23-,24+;/m1./s1. The van der Waals surface area contributed by atoms with Crippen molar-refractivity contribution in [2.24, 2.45) is 5.92 Å². The van der Waals surface area contributed by atoms with Crippen molar-refractivity contribution in [2.75, 3.05) is 0 Å². The minimum Gasteiger partial charge on any atom is -0.481 e. The van der Waals surface area contributed by atoms with Crippen LogP contribution in [0.25, 0.3) is 10.8 Å². The van der Waals surface area contributed by atoms with Crippen LogP contribution >= 0.6 is 0 Å². The van der Waals surface area contributed by atoms with Crippen LogP contribution in [0.3, 0.4) is 0 Å². The van der Waals surface area contributed by atoms with Crippen molar-refractivity contribution in [2.45, 2.75) is 65.2 Å². The zero-order valence-corrected chi connectivity index (χ0v) is 22.1. The summed E-state index contributed by atoms with van der Waals surface area (Å²) in [6, 6.07) is 21.9. The van der Waals surface area contributed by atoms with Crippen LogP contribution in [0, 0.1) is 5.92 Å². The predicted octanol–water partition coefficient (Wildman–Crippen LogP) is 5.18. The minimum absolute atomic E-state index is 0.138. The molecule has 198 valence electrons. The number of hydrogen-bond acceptors (Lipinski definition) is 5. The van der Waals surface area contributed by atoms with Crippen molar-refractivity contribution in [1.82, 2.24) is 5.32 Å². The summed E-state index contributed by atoms with van der Waals surface area (Å²) in [5, 5.41) is 25.9. The Bertz CT molecular complexity index is 1180. The van der Waals surface area contributed by atoms with Crippen molar-refractivity contribution in [3.05, 3.63) is 83.9 Å². The quantitative estimate of drug-likeness (QED) is 0.387. The number of carboxylic acids is 1. The number of carboxylic acid groups (broad SMARTS) is 1. The average Bonchev–Trinajstić information content (AvgIpc) is 2.81. The van der Waals surface area contributed by atoms with Gasteiger partial charge in [0.1, 0.15) is 11.4 Å². The number of benzene rings is 3. The third-order valence-electron chi connectivity index (χ3n) is 5.46. The van der Waals surface area contributed by atoms with Crippen LogP contribution in [0.2, 0.25) is 0 Å². The minimum atomic E-state index is -1.34. The number of rotatable bonds is 8. The summed E-state index contributed by atoms with van der Waals surface area (Å²) in [5.41, 5.74) is 0.970. The van der Waals surface area contributed by atoms with E-state index in [1.54, 1.807) is 20.8 Å². The fourth-order valence-electron chi connectivity index (χ4n) is 3.93. The number of carbonyl (C=O) groups is 3. The van der Waals surface area contributed by atoms with Gasteiger partial charge in [-0.2, -0.15) is 0 Å². The van der Waals surface area contributed by atoms with E-state index in [0.717, 1.165) is 21.9 Å². The topological polar surface area (TPSA) is 113 Å². The Hall–Kier alpha value is -3.71. The molecule has 3 aromatic carbocycles. The smallest absolute Gasteiger partial charge is 0.407 e. The monoisotopic (exact) mass is 507 g/mol. The third-order valence-corrected chi connectivity index (χ3v) is 5.46. The lowest BCUT2D eigenvalue weighted by molar-refractivity contribution is -0.146. The highest BCUT2D eigenvalue weighted by atomic mass is 16.6. The molecule has 0 bridgehead atoms. The molecule has 0 spiro atoms. The van der Waals surface area contributed by atoms with Crippen LogP contribution in [0.1, 0.15) is 45.7 Å². The summed E-state index contributed by atoms with van der Waals surface area (Å²) < 4.78 is 5.39. The molecule has 3 N–H and O–H groups in total. The molecule has 0 radical (unpaired) electrons. The second kappa shape index (κ2) is 13.6. The van der Waals surface area contributed by atoms with Gasteiger partial charge in [-0.15, -0.1) is 0 Å². The second-order valence-corrected chi connectivity index (χ2v) is 10.1. The van der Waals surface area contributed by atoms with Crippen LogP contribution in [0.5, 0.6) is 0 Å². The molecule has 3 aromatic rings. The van der Waals surface area contributed by atoms with E-state index in [9.17, 15) is 24.6 Å². The molecule has 3 rings (SSSR count). The van der Waals surface area contributed by atoms with Crippen molar-refractivity contribution in [1.29, 1.82) is 0 Å². The highest BCUT2D eigenvalue weighted by Crippen LogP contribution is 2.24. The summed E-state index contributed by atoms with van der Waals surface area (Å²) in [6.45, 7) is 8.30. The van der Waals surface area contributed by atoms with Gasteiger partial charge in [0.15, 0.2) is 0 Å².